The molecule has 31 heavy (non-hydrogen) atoms. The van der Waals surface area contributed by atoms with Gasteiger partial charge in [0.2, 0.25) is 5.91 Å². The first-order valence-corrected chi connectivity index (χ1v) is 10.5. The normalized spacial score (nSPS) is 16.1. The number of aromatic nitrogens is 1. The Hall–Kier alpha value is -3.16. The van der Waals surface area contributed by atoms with Gasteiger partial charge in [0, 0.05) is 31.6 Å². The minimum absolute atomic E-state index is 0.0610. The molecule has 1 aromatic carbocycles. The van der Waals surface area contributed by atoms with Gasteiger partial charge in [0.1, 0.15) is 5.75 Å². The van der Waals surface area contributed by atoms with Gasteiger partial charge in [-0.05, 0) is 44.9 Å². The molecule has 1 fully saturated rings. The highest BCUT2D eigenvalue weighted by Gasteiger charge is 2.30. The maximum Gasteiger partial charge on any atom is 0.310 e. The van der Waals surface area contributed by atoms with Gasteiger partial charge < -0.3 is 19.3 Å². The van der Waals surface area contributed by atoms with E-state index in [1.165, 1.54) is 4.90 Å². The van der Waals surface area contributed by atoms with Crippen molar-refractivity contribution in [1.29, 1.82) is 0 Å². The van der Waals surface area contributed by atoms with Crippen molar-refractivity contribution in [3.63, 3.8) is 0 Å². The molecule has 1 aromatic heterocycles. The number of piperidine rings is 1. The first-order chi connectivity index (χ1) is 14.8. The van der Waals surface area contributed by atoms with Gasteiger partial charge in [-0.2, -0.15) is 0 Å². The highest BCUT2D eigenvalue weighted by atomic mass is 16.5. The van der Waals surface area contributed by atoms with Crippen LogP contribution in [0.5, 0.6) is 5.75 Å². The molecule has 1 saturated heterocycles. The summed E-state index contributed by atoms with van der Waals surface area (Å²) in [5.41, 5.74) is 1.78. The van der Waals surface area contributed by atoms with E-state index < -0.39 is 0 Å². The Bertz CT molecular complexity index is 991. The predicted molar refractivity (Wildman–Crippen MR) is 116 cm³/mol. The number of rotatable bonds is 6. The van der Waals surface area contributed by atoms with E-state index in [-0.39, 0.29) is 30.2 Å². The van der Waals surface area contributed by atoms with E-state index in [4.69, 9.17) is 9.47 Å². The van der Waals surface area contributed by atoms with Crippen molar-refractivity contribution in [3.8, 4) is 5.75 Å². The molecule has 1 unspecified atom stereocenters. The van der Waals surface area contributed by atoms with Crippen molar-refractivity contribution in [1.82, 2.24) is 14.8 Å². The summed E-state index contributed by atoms with van der Waals surface area (Å²) in [7, 11) is 3.19. The quantitative estimate of drug-likeness (QED) is 0.658. The van der Waals surface area contributed by atoms with Crippen LogP contribution in [0.15, 0.2) is 24.3 Å². The number of amides is 2. The van der Waals surface area contributed by atoms with Crippen LogP contribution in [0.2, 0.25) is 0 Å². The number of fused-ring (bicyclic) bond motifs is 1. The number of benzene rings is 1. The van der Waals surface area contributed by atoms with Crippen LogP contribution in [0.1, 0.15) is 35.8 Å². The highest BCUT2D eigenvalue weighted by molar-refractivity contribution is 6.00. The highest BCUT2D eigenvalue weighted by Crippen LogP contribution is 2.23. The second-order valence-corrected chi connectivity index (χ2v) is 7.77. The number of nitrogens with zero attached hydrogens (tertiary/aromatic N) is 3. The monoisotopic (exact) mass is 427 g/mol. The summed E-state index contributed by atoms with van der Waals surface area (Å²) in [4.78, 5) is 45.4. The minimum Gasteiger partial charge on any atom is -0.497 e. The molecule has 2 heterocycles. The average molecular weight is 428 g/mol. The topological polar surface area (TPSA) is 89.0 Å². The first kappa shape index (κ1) is 22.5. The van der Waals surface area contributed by atoms with Crippen LogP contribution in [0.4, 0.5) is 0 Å². The van der Waals surface area contributed by atoms with Crippen LogP contribution in [0, 0.1) is 12.8 Å². The summed E-state index contributed by atoms with van der Waals surface area (Å²) in [6, 6.07) is 7.28. The molecule has 0 saturated carbocycles. The Balaban J connectivity index is 1.69. The van der Waals surface area contributed by atoms with E-state index in [2.05, 4.69) is 4.98 Å². The van der Waals surface area contributed by atoms with Gasteiger partial charge in [0.05, 0.1) is 43.0 Å². The van der Waals surface area contributed by atoms with E-state index in [9.17, 15) is 14.4 Å². The molecular weight excluding hydrogens is 398 g/mol. The van der Waals surface area contributed by atoms with Crippen LogP contribution in [0.25, 0.3) is 10.9 Å². The molecule has 0 radical (unpaired) electrons. The summed E-state index contributed by atoms with van der Waals surface area (Å²) >= 11 is 0. The number of carbonyl (C=O) groups excluding carboxylic acids is 3. The third-order valence-corrected chi connectivity index (χ3v) is 5.56. The Morgan fingerprint density at radius 3 is 2.74 bits per heavy atom. The summed E-state index contributed by atoms with van der Waals surface area (Å²) < 4.78 is 10.3. The number of aryl methyl sites for hydroxylation is 1. The maximum absolute atomic E-state index is 13.0. The molecule has 1 aliphatic heterocycles. The summed E-state index contributed by atoms with van der Waals surface area (Å²) in [6.45, 7) is 4.72. The molecule has 8 nitrogen and oxygen atoms in total. The number of carbonyl (C=O) groups is 3. The number of esters is 1. The number of hydrogen-bond donors (Lipinski definition) is 0. The molecule has 1 atom stereocenters. The zero-order valence-corrected chi connectivity index (χ0v) is 18.5. The zero-order valence-electron chi connectivity index (χ0n) is 18.5. The molecule has 8 heteroatoms. The van der Waals surface area contributed by atoms with E-state index >= 15 is 0 Å². The lowest BCUT2D eigenvalue weighted by molar-refractivity contribution is -0.151. The fourth-order valence-electron chi connectivity index (χ4n) is 3.82. The second-order valence-electron chi connectivity index (χ2n) is 7.77. The third-order valence-electron chi connectivity index (χ3n) is 5.56. The lowest BCUT2D eigenvalue weighted by Gasteiger charge is -2.32. The first-order valence-electron chi connectivity index (χ1n) is 10.5. The summed E-state index contributed by atoms with van der Waals surface area (Å²) in [6.07, 6.45) is 1.45. The summed E-state index contributed by atoms with van der Waals surface area (Å²) in [5, 5.41) is 0.822. The molecule has 0 aliphatic carbocycles. The van der Waals surface area contributed by atoms with Crippen LogP contribution in [-0.4, -0.2) is 73.0 Å². The maximum atomic E-state index is 13.0. The number of likely N-dealkylation sites (tertiary alicyclic amines) is 1. The van der Waals surface area contributed by atoms with Gasteiger partial charge >= 0.3 is 5.97 Å². The SMILES string of the molecule is CCOC(=O)C1CCCN(C(=O)CN(C)C(=O)c2cc3ccc(OC)cc3nc2C)C1. The van der Waals surface area contributed by atoms with E-state index in [1.807, 2.05) is 18.2 Å². The number of hydrogen-bond acceptors (Lipinski definition) is 6. The molecule has 166 valence electrons. The third kappa shape index (κ3) is 5.13. The van der Waals surface area contributed by atoms with Gasteiger partial charge in [0.25, 0.3) is 5.91 Å². The molecule has 0 spiro atoms. The standard InChI is InChI=1S/C23H29N3O5/c1-5-31-23(29)17-7-6-10-26(13-17)21(27)14-25(3)22(28)19-11-16-8-9-18(30-4)12-20(16)24-15(19)2/h8-9,11-12,17H,5-7,10,13-14H2,1-4H3. The number of ether oxygens (including phenoxy) is 2. The van der Waals surface area contributed by atoms with Crippen molar-refractivity contribution in [2.45, 2.75) is 26.7 Å². The fourth-order valence-corrected chi connectivity index (χ4v) is 3.82. The van der Waals surface area contributed by atoms with Crippen LogP contribution in [0.3, 0.4) is 0 Å². The number of likely N-dealkylation sites (N-methyl/N-ethyl adjacent to an activating group) is 1. The largest absolute Gasteiger partial charge is 0.497 e. The van der Waals surface area contributed by atoms with Crippen molar-refractivity contribution in [2.75, 3.05) is 40.4 Å². The van der Waals surface area contributed by atoms with Gasteiger partial charge in [0.15, 0.2) is 0 Å². The smallest absolute Gasteiger partial charge is 0.310 e. The fraction of sp³-hybridized carbons (Fsp3) is 0.478. The Labute approximate surface area is 182 Å². The van der Waals surface area contributed by atoms with Crippen molar-refractivity contribution in [3.05, 3.63) is 35.5 Å². The molecule has 0 bridgehead atoms. The lowest BCUT2D eigenvalue weighted by Crippen LogP contribution is -2.47. The molecule has 3 rings (SSSR count). The van der Waals surface area contributed by atoms with Gasteiger partial charge in [-0.15, -0.1) is 0 Å². The Morgan fingerprint density at radius 1 is 1.26 bits per heavy atom. The van der Waals surface area contributed by atoms with Crippen LogP contribution >= 0.6 is 0 Å². The van der Waals surface area contributed by atoms with Crippen molar-refractivity contribution < 1.29 is 23.9 Å². The van der Waals surface area contributed by atoms with Gasteiger partial charge in [-0.25, -0.2) is 0 Å². The molecule has 2 aromatic rings. The summed E-state index contributed by atoms with van der Waals surface area (Å²) in [5.74, 6) is -0.318. The number of methoxy groups -OCH3 is 1. The van der Waals surface area contributed by atoms with Gasteiger partial charge in [-0.1, -0.05) is 0 Å². The minimum atomic E-state index is -0.303. The Morgan fingerprint density at radius 2 is 2.03 bits per heavy atom. The average Bonchev–Trinajstić information content (AvgIpc) is 2.77. The predicted octanol–water partition coefficient (Wildman–Crippen LogP) is 2.43. The van der Waals surface area contributed by atoms with Gasteiger partial charge in [-0.3, -0.25) is 19.4 Å². The van der Waals surface area contributed by atoms with Crippen molar-refractivity contribution >= 4 is 28.7 Å². The zero-order chi connectivity index (χ0) is 22.5. The van der Waals surface area contributed by atoms with Crippen LogP contribution in [-0.2, 0) is 14.3 Å². The molecule has 1 aliphatic rings. The lowest BCUT2D eigenvalue weighted by atomic mass is 9.98. The molecule has 0 N–H and O–H groups in total. The Kier molecular flexibility index (Phi) is 7.09. The number of pyridine rings is 1. The second kappa shape index (κ2) is 9.76. The molecular formula is C23H29N3O5. The van der Waals surface area contributed by atoms with E-state index in [1.54, 1.807) is 39.0 Å². The van der Waals surface area contributed by atoms with Crippen molar-refractivity contribution in [2.24, 2.45) is 5.92 Å². The van der Waals surface area contributed by atoms with E-state index in [0.29, 0.717) is 43.1 Å². The van der Waals surface area contributed by atoms with E-state index in [0.717, 1.165) is 17.3 Å². The molecule has 2 amide bonds. The van der Waals surface area contributed by atoms with Crippen LogP contribution < -0.4 is 4.74 Å².